The highest BCUT2D eigenvalue weighted by atomic mass is 32.1. The van der Waals surface area contributed by atoms with Crippen LogP contribution in [0.15, 0.2) is 6.20 Å². The largest absolute Gasteiger partial charge is 0.444 e. The number of carbonyl (C=O) groups is 1. The van der Waals surface area contributed by atoms with Gasteiger partial charge in [-0.05, 0) is 40.0 Å². The Morgan fingerprint density at radius 3 is 2.72 bits per heavy atom. The molecule has 1 amide bonds. The van der Waals surface area contributed by atoms with E-state index in [1.807, 2.05) is 0 Å². The SMILES string of the molecule is CC(C)(C)OC(=O)Nc1ncc(C2(O)CCC2)s1. The van der Waals surface area contributed by atoms with Gasteiger partial charge in [-0.2, -0.15) is 0 Å². The first kappa shape index (κ1) is 13.3. The molecule has 2 rings (SSSR count). The first-order valence-electron chi connectivity index (χ1n) is 5.97. The highest BCUT2D eigenvalue weighted by molar-refractivity contribution is 7.15. The van der Waals surface area contributed by atoms with E-state index in [1.165, 1.54) is 11.3 Å². The number of carbonyl (C=O) groups excluding carboxylic acids is 1. The van der Waals surface area contributed by atoms with Crippen LogP contribution in [-0.4, -0.2) is 21.8 Å². The Morgan fingerprint density at radius 1 is 1.56 bits per heavy atom. The zero-order valence-corrected chi connectivity index (χ0v) is 11.6. The number of thiazole rings is 1. The van der Waals surface area contributed by atoms with Crippen molar-refractivity contribution >= 4 is 22.6 Å². The molecule has 18 heavy (non-hydrogen) atoms. The summed E-state index contributed by atoms with van der Waals surface area (Å²) in [4.78, 5) is 16.4. The number of rotatable bonds is 2. The molecule has 1 saturated carbocycles. The fraction of sp³-hybridized carbons (Fsp3) is 0.667. The minimum absolute atomic E-state index is 0.458. The predicted molar refractivity (Wildman–Crippen MR) is 69.7 cm³/mol. The lowest BCUT2D eigenvalue weighted by Crippen LogP contribution is -2.32. The lowest BCUT2D eigenvalue weighted by atomic mass is 9.79. The molecule has 0 saturated heterocycles. The fourth-order valence-electron chi connectivity index (χ4n) is 1.70. The average molecular weight is 270 g/mol. The maximum absolute atomic E-state index is 11.5. The number of amides is 1. The second kappa shape index (κ2) is 4.51. The summed E-state index contributed by atoms with van der Waals surface area (Å²) in [6.45, 7) is 5.41. The summed E-state index contributed by atoms with van der Waals surface area (Å²) >= 11 is 1.30. The maximum atomic E-state index is 11.5. The third-order valence-corrected chi connectivity index (χ3v) is 3.86. The van der Waals surface area contributed by atoms with Crippen LogP contribution in [0.3, 0.4) is 0 Å². The number of aromatic nitrogens is 1. The van der Waals surface area contributed by atoms with Crippen LogP contribution in [-0.2, 0) is 10.3 Å². The van der Waals surface area contributed by atoms with E-state index in [0.29, 0.717) is 5.13 Å². The molecule has 0 aromatic carbocycles. The van der Waals surface area contributed by atoms with E-state index < -0.39 is 17.3 Å². The molecule has 0 atom stereocenters. The molecular weight excluding hydrogens is 252 g/mol. The summed E-state index contributed by atoms with van der Waals surface area (Å²) in [5.74, 6) is 0. The smallest absolute Gasteiger partial charge is 0.413 e. The van der Waals surface area contributed by atoms with Gasteiger partial charge < -0.3 is 9.84 Å². The van der Waals surface area contributed by atoms with Gasteiger partial charge in [-0.25, -0.2) is 9.78 Å². The first-order valence-corrected chi connectivity index (χ1v) is 6.79. The molecular formula is C12H18N2O3S. The molecule has 1 heterocycles. The Morgan fingerprint density at radius 2 is 2.22 bits per heavy atom. The topological polar surface area (TPSA) is 71.5 Å². The van der Waals surface area contributed by atoms with Gasteiger partial charge in [0.05, 0.1) is 4.88 Å². The molecule has 0 unspecified atom stereocenters. The Bertz CT molecular complexity index is 446. The van der Waals surface area contributed by atoms with Crippen molar-refractivity contribution < 1.29 is 14.6 Å². The van der Waals surface area contributed by atoms with Gasteiger partial charge in [0.25, 0.3) is 0 Å². The van der Waals surface area contributed by atoms with Gasteiger partial charge in [0, 0.05) is 6.20 Å². The standard InChI is InChI=1S/C12H18N2O3S/c1-11(2,3)17-10(15)14-9-13-7-8(18-9)12(16)5-4-6-12/h7,16H,4-6H2,1-3H3,(H,13,14,15). The Kier molecular flexibility index (Phi) is 3.33. The van der Waals surface area contributed by atoms with Crippen molar-refractivity contribution in [2.75, 3.05) is 5.32 Å². The monoisotopic (exact) mass is 270 g/mol. The summed E-state index contributed by atoms with van der Waals surface area (Å²) in [6, 6.07) is 0. The number of ether oxygens (including phenoxy) is 1. The molecule has 0 radical (unpaired) electrons. The Labute approximate surface area is 110 Å². The van der Waals surface area contributed by atoms with Crippen LogP contribution in [0, 0.1) is 0 Å². The van der Waals surface area contributed by atoms with E-state index in [4.69, 9.17) is 4.74 Å². The number of anilines is 1. The van der Waals surface area contributed by atoms with Gasteiger partial charge in [-0.15, -0.1) is 0 Å². The third-order valence-electron chi connectivity index (χ3n) is 2.75. The van der Waals surface area contributed by atoms with E-state index in [-0.39, 0.29) is 0 Å². The molecule has 1 fully saturated rings. The van der Waals surface area contributed by atoms with Gasteiger partial charge in [-0.1, -0.05) is 11.3 Å². The summed E-state index contributed by atoms with van der Waals surface area (Å²) in [5.41, 5.74) is -1.26. The van der Waals surface area contributed by atoms with Crippen LogP contribution in [0.2, 0.25) is 0 Å². The first-order chi connectivity index (χ1) is 8.28. The molecule has 1 aliphatic carbocycles. The van der Waals surface area contributed by atoms with Crippen LogP contribution in [0.5, 0.6) is 0 Å². The highest BCUT2D eigenvalue weighted by Crippen LogP contribution is 2.44. The fourth-order valence-corrected chi connectivity index (χ4v) is 2.64. The van der Waals surface area contributed by atoms with Crippen molar-refractivity contribution in [2.45, 2.75) is 51.2 Å². The van der Waals surface area contributed by atoms with E-state index in [9.17, 15) is 9.90 Å². The average Bonchev–Trinajstić information content (AvgIpc) is 2.59. The molecule has 100 valence electrons. The lowest BCUT2D eigenvalue weighted by Gasteiger charge is -2.35. The van der Waals surface area contributed by atoms with Gasteiger partial charge >= 0.3 is 6.09 Å². The Hall–Kier alpha value is -1.14. The van der Waals surface area contributed by atoms with Crippen molar-refractivity contribution in [1.82, 2.24) is 4.98 Å². The second-order valence-electron chi connectivity index (χ2n) is 5.54. The summed E-state index contributed by atoms with van der Waals surface area (Å²) in [5, 5.41) is 13.2. The van der Waals surface area contributed by atoms with Crippen molar-refractivity contribution in [2.24, 2.45) is 0 Å². The van der Waals surface area contributed by atoms with Gasteiger partial charge in [0.15, 0.2) is 5.13 Å². The molecule has 1 aromatic rings. The lowest BCUT2D eigenvalue weighted by molar-refractivity contribution is -0.0356. The molecule has 0 spiro atoms. The van der Waals surface area contributed by atoms with E-state index >= 15 is 0 Å². The van der Waals surface area contributed by atoms with Gasteiger partial charge in [-0.3, -0.25) is 5.32 Å². The van der Waals surface area contributed by atoms with Crippen LogP contribution < -0.4 is 5.32 Å². The van der Waals surface area contributed by atoms with E-state index in [2.05, 4.69) is 10.3 Å². The zero-order chi connectivity index (χ0) is 13.4. The third kappa shape index (κ3) is 3.00. The second-order valence-corrected chi connectivity index (χ2v) is 6.57. The van der Waals surface area contributed by atoms with E-state index in [0.717, 1.165) is 24.1 Å². The molecule has 6 heteroatoms. The number of aliphatic hydroxyl groups is 1. The molecule has 0 bridgehead atoms. The maximum Gasteiger partial charge on any atom is 0.413 e. The van der Waals surface area contributed by atoms with Gasteiger partial charge in [0.2, 0.25) is 0 Å². The van der Waals surface area contributed by atoms with Crippen LogP contribution in [0.25, 0.3) is 0 Å². The van der Waals surface area contributed by atoms with Crippen LogP contribution in [0.4, 0.5) is 9.93 Å². The molecule has 2 N–H and O–H groups in total. The molecule has 0 aliphatic heterocycles. The summed E-state index contributed by atoms with van der Waals surface area (Å²) < 4.78 is 5.13. The van der Waals surface area contributed by atoms with Crippen molar-refractivity contribution in [3.8, 4) is 0 Å². The molecule has 1 aromatic heterocycles. The summed E-state index contributed by atoms with van der Waals surface area (Å²) in [6.07, 6.45) is 3.66. The number of nitrogens with zero attached hydrogens (tertiary/aromatic N) is 1. The normalized spacial score (nSPS) is 18.0. The number of nitrogens with one attached hydrogen (secondary N) is 1. The van der Waals surface area contributed by atoms with Crippen LogP contribution >= 0.6 is 11.3 Å². The molecule has 5 nitrogen and oxygen atoms in total. The molecule has 1 aliphatic rings. The number of hydrogen-bond donors (Lipinski definition) is 2. The van der Waals surface area contributed by atoms with Crippen molar-refractivity contribution in [1.29, 1.82) is 0 Å². The van der Waals surface area contributed by atoms with Gasteiger partial charge in [0.1, 0.15) is 11.2 Å². The quantitative estimate of drug-likeness (QED) is 0.866. The zero-order valence-electron chi connectivity index (χ0n) is 10.8. The predicted octanol–water partition coefficient (Wildman–Crippen LogP) is 2.86. The minimum Gasteiger partial charge on any atom is -0.444 e. The van der Waals surface area contributed by atoms with Crippen molar-refractivity contribution in [3.63, 3.8) is 0 Å². The summed E-state index contributed by atoms with van der Waals surface area (Å²) in [7, 11) is 0. The van der Waals surface area contributed by atoms with Crippen LogP contribution in [0.1, 0.15) is 44.9 Å². The minimum atomic E-state index is -0.731. The van der Waals surface area contributed by atoms with E-state index in [1.54, 1.807) is 27.0 Å². The number of hydrogen-bond acceptors (Lipinski definition) is 5. The van der Waals surface area contributed by atoms with Crippen molar-refractivity contribution in [3.05, 3.63) is 11.1 Å². The highest BCUT2D eigenvalue weighted by Gasteiger charge is 2.38. The Balaban J connectivity index is 1.97.